The number of hydrogen-bond donors (Lipinski definition) is 1. The van der Waals surface area contributed by atoms with Gasteiger partial charge in [-0.2, -0.15) is 0 Å². The van der Waals surface area contributed by atoms with Crippen LogP contribution in [0.3, 0.4) is 0 Å². The molecule has 0 radical (unpaired) electrons. The molecule has 0 aliphatic carbocycles. The van der Waals surface area contributed by atoms with Crippen LogP contribution in [0.15, 0.2) is 18.2 Å². The highest BCUT2D eigenvalue weighted by atomic mass is 35.5. The second kappa shape index (κ2) is 7.22. The van der Waals surface area contributed by atoms with Crippen LogP contribution in [0, 0.1) is 5.92 Å². The minimum Gasteiger partial charge on any atom is -0.319 e. The molecule has 0 spiro atoms. The summed E-state index contributed by atoms with van der Waals surface area (Å²) in [6, 6.07) is 5.60. The van der Waals surface area contributed by atoms with Gasteiger partial charge in [0.1, 0.15) is 0 Å². The molecule has 0 saturated heterocycles. The average molecular weight is 275 g/mol. The van der Waals surface area contributed by atoms with E-state index in [1.165, 1.54) is 0 Å². The number of benzene rings is 1. The largest absolute Gasteiger partial charge is 0.319 e. The molecule has 0 saturated carbocycles. The van der Waals surface area contributed by atoms with Crippen molar-refractivity contribution in [2.75, 3.05) is 27.2 Å². The first-order valence-corrected chi connectivity index (χ1v) is 6.55. The maximum atomic E-state index is 6.14. The molecule has 0 aliphatic rings. The summed E-state index contributed by atoms with van der Waals surface area (Å²) in [5.74, 6) is 0.614. The predicted molar refractivity (Wildman–Crippen MR) is 75.9 cm³/mol. The molecule has 1 N–H and O–H groups in total. The fourth-order valence-electron chi connectivity index (χ4n) is 1.96. The molecule has 0 bridgehead atoms. The molecule has 0 aromatic heterocycles. The Morgan fingerprint density at radius 1 is 1.35 bits per heavy atom. The monoisotopic (exact) mass is 274 g/mol. The Bertz CT molecular complexity index is 355. The summed E-state index contributed by atoms with van der Waals surface area (Å²) >= 11 is 12.1. The van der Waals surface area contributed by atoms with Gasteiger partial charge in [-0.3, -0.25) is 0 Å². The van der Waals surface area contributed by atoms with E-state index in [2.05, 4.69) is 24.2 Å². The van der Waals surface area contributed by atoms with E-state index in [0.717, 1.165) is 35.2 Å². The third-order valence-electron chi connectivity index (χ3n) is 2.62. The van der Waals surface area contributed by atoms with Gasteiger partial charge >= 0.3 is 0 Å². The molecule has 1 rings (SSSR count). The van der Waals surface area contributed by atoms with Crippen LogP contribution in [0.4, 0.5) is 0 Å². The van der Waals surface area contributed by atoms with Gasteiger partial charge in [0, 0.05) is 23.1 Å². The van der Waals surface area contributed by atoms with Gasteiger partial charge in [-0.1, -0.05) is 30.1 Å². The van der Waals surface area contributed by atoms with Crippen molar-refractivity contribution < 1.29 is 0 Å². The lowest BCUT2D eigenvalue weighted by Gasteiger charge is -2.21. The van der Waals surface area contributed by atoms with Gasteiger partial charge in [-0.15, -0.1) is 0 Å². The van der Waals surface area contributed by atoms with Gasteiger partial charge in [0.25, 0.3) is 0 Å². The van der Waals surface area contributed by atoms with Crippen molar-refractivity contribution in [1.82, 2.24) is 10.2 Å². The molecule has 96 valence electrons. The molecule has 0 fully saturated rings. The van der Waals surface area contributed by atoms with Crippen molar-refractivity contribution in [3.8, 4) is 0 Å². The Balaban J connectivity index is 2.55. The molecule has 0 heterocycles. The van der Waals surface area contributed by atoms with Crippen molar-refractivity contribution in [2.45, 2.75) is 13.5 Å². The maximum absolute atomic E-state index is 6.14. The van der Waals surface area contributed by atoms with Gasteiger partial charge < -0.3 is 10.2 Å². The zero-order chi connectivity index (χ0) is 12.8. The van der Waals surface area contributed by atoms with Crippen LogP contribution in [-0.4, -0.2) is 32.1 Å². The molecule has 0 amide bonds. The summed E-state index contributed by atoms with van der Waals surface area (Å²) in [7, 11) is 4.08. The smallest absolute Gasteiger partial charge is 0.0452 e. The molecule has 0 aliphatic heterocycles. The van der Waals surface area contributed by atoms with Gasteiger partial charge in [0.05, 0.1) is 0 Å². The molecule has 1 unspecified atom stereocenters. The second-order valence-electron chi connectivity index (χ2n) is 4.60. The zero-order valence-corrected chi connectivity index (χ0v) is 12.1. The Morgan fingerprint density at radius 2 is 2.06 bits per heavy atom. The van der Waals surface area contributed by atoms with Crippen molar-refractivity contribution in [3.05, 3.63) is 33.8 Å². The van der Waals surface area contributed by atoms with E-state index < -0.39 is 0 Å². The second-order valence-corrected chi connectivity index (χ2v) is 5.44. The molecule has 1 aromatic carbocycles. The van der Waals surface area contributed by atoms with Gasteiger partial charge in [-0.25, -0.2) is 0 Å². The predicted octanol–water partition coefficient (Wildman–Crippen LogP) is 3.28. The molecule has 17 heavy (non-hydrogen) atoms. The summed E-state index contributed by atoms with van der Waals surface area (Å²) < 4.78 is 0. The van der Waals surface area contributed by atoms with Gasteiger partial charge in [-0.05, 0) is 50.3 Å². The van der Waals surface area contributed by atoms with Crippen LogP contribution in [0.25, 0.3) is 0 Å². The van der Waals surface area contributed by atoms with E-state index in [1.54, 1.807) is 0 Å². The molecular weight excluding hydrogens is 255 g/mol. The van der Waals surface area contributed by atoms with Crippen LogP contribution in [0.2, 0.25) is 10.0 Å². The molecule has 4 heteroatoms. The summed E-state index contributed by atoms with van der Waals surface area (Å²) in [4.78, 5) is 2.26. The van der Waals surface area contributed by atoms with Crippen LogP contribution in [0.1, 0.15) is 12.5 Å². The quantitative estimate of drug-likeness (QED) is 0.857. The minimum atomic E-state index is 0.614. The van der Waals surface area contributed by atoms with E-state index >= 15 is 0 Å². The highest BCUT2D eigenvalue weighted by Gasteiger charge is 2.08. The Hall–Kier alpha value is -0.280. The molecule has 1 aromatic rings. The number of nitrogens with zero attached hydrogens (tertiary/aromatic N) is 1. The lowest BCUT2D eigenvalue weighted by Crippen LogP contribution is -2.29. The highest BCUT2D eigenvalue weighted by Crippen LogP contribution is 2.21. The molecular formula is C13H20Cl2N2. The van der Waals surface area contributed by atoms with Gasteiger partial charge in [0.15, 0.2) is 0 Å². The SMILES string of the molecule is CNCC(C)CN(C)Cc1cc(Cl)ccc1Cl. The van der Waals surface area contributed by atoms with Crippen LogP contribution < -0.4 is 5.32 Å². The first-order chi connectivity index (χ1) is 8.02. The molecule has 1 atom stereocenters. The first-order valence-electron chi connectivity index (χ1n) is 5.80. The lowest BCUT2D eigenvalue weighted by atomic mass is 10.1. The van der Waals surface area contributed by atoms with E-state index in [-0.39, 0.29) is 0 Å². The number of hydrogen-bond acceptors (Lipinski definition) is 2. The average Bonchev–Trinajstić information content (AvgIpc) is 2.23. The summed E-state index contributed by atoms with van der Waals surface area (Å²) in [5, 5.41) is 4.70. The van der Waals surface area contributed by atoms with Crippen molar-refractivity contribution in [1.29, 1.82) is 0 Å². The Morgan fingerprint density at radius 3 is 2.71 bits per heavy atom. The topological polar surface area (TPSA) is 15.3 Å². The van der Waals surface area contributed by atoms with Crippen molar-refractivity contribution >= 4 is 23.2 Å². The van der Waals surface area contributed by atoms with E-state index in [9.17, 15) is 0 Å². The Labute approximate surface area is 114 Å². The lowest BCUT2D eigenvalue weighted by molar-refractivity contribution is 0.276. The van der Waals surface area contributed by atoms with Crippen molar-refractivity contribution in [3.63, 3.8) is 0 Å². The van der Waals surface area contributed by atoms with Crippen LogP contribution in [0.5, 0.6) is 0 Å². The fourth-order valence-corrected chi connectivity index (χ4v) is 2.34. The van der Waals surface area contributed by atoms with E-state index in [4.69, 9.17) is 23.2 Å². The summed E-state index contributed by atoms with van der Waals surface area (Å²) in [5.41, 5.74) is 1.08. The van der Waals surface area contributed by atoms with E-state index in [1.807, 2.05) is 25.2 Å². The standard InChI is InChI=1S/C13H20Cl2N2/c1-10(7-16-2)8-17(3)9-11-6-12(14)4-5-13(11)15/h4-6,10,16H,7-9H2,1-3H3. The normalized spacial score (nSPS) is 13.1. The fraction of sp³-hybridized carbons (Fsp3) is 0.538. The number of nitrogens with one attached hydrogen (secondary N) is 1. The Kier molecular flexibility index (Phi) is 6.28. The third-order valence-corrected chi connectivity index (χ3v) is 3.23. The van der Waals surface area contributed by atoms with Crippen molar-refractivity contribution in [2.24, 2.45) is 5.92 Å². The zero-order valence-electron chi connectivity index (χ0n) is 10.6. The highest BCUT2D eigenvalue weighted by molar-refractivity contribution is 6.33. The van der Waals surface area contributed by atoms with Gasteiger partial charge in [0.2, 0.25) is 0 Å². The number of rotatable bonds is 6. The summed E-state index contributed by atoms with van der Waals surface area (Å²) in [6.07, 6.45) is 0. The minimum absolute atomic E-state index is 0.614. The summed E-state index contributed by atoms with van der Waals surface area (Å²) in [6.45, 7) is 5.11. The van der Waals surface area contributed by atoms with E-state index in [0.29, 0.717) is 5.92 Å². The van der Waals surface area contributed by atoms with Crippen LogP contribution >= 0.6 is 23.2 Å². The third kappa shape index (κ3) is 5.26. The molecule has 2 nitrogen and oxygen atoms in total. The van der Waals surface area contributed by atoms with Crippen LogP contribution in [-0.2, 0) is 6.54 Å². The maximum Gasteiger partial charge on any atom is 0.0452 e. The first kappa shape index (κ1) is 14.8. The number of halogens is 2.